The first-order chi connectivity index (χ1) is 11.7. The van der Waals surface area contributed by atoms with Crippen LogP contribution in [0.5, 0.6) is 5.75 Å². The van der Waals surface area contributed by atoms with Gasteiger partial charge in [0.15, 0.2) is 5.75 Å². The molecule has 1 aromatic rings. The number of aliphatic imine (C=N–C) groups is 2. The average molecular weight is 359 g/mol. The first-order valence-electron chi connectivity index (χ1n) is 7.74. The van der Waals surface area contributed by atoms with Crippen molar-refractivity contribution in [1.82, 2.24) is 0 Å². The van der Waals surface area contributed by atoms with E-state index in [2.05, 4.69) is 9.98 Å². The summed E-state index contributed by atoms with van der Waals surface area (Å²) >= 11 is 0. The first-order valence-corrected chi connectivity index (χ1v) is 7.74. The van der Waals surface area contributed by atoms with Crippen LogP contribution in [0, 0.1) is 5.82 Å². The van der Waals surface area contributed by atoms with Gasteiger partial charge in [-0.25, -0.2) is 9.38 Å². The van der Waals surface area contributed by atoms with Crippen molar-refractivity contribution in [2.45, 2.75) is 43.9 Å². The van der Waals surface area contributed by atoms with Gasteiger partial charge < -0.3 is 16.6 Å². The number of halogens is 4. The van der Waals surface area contributed by atoms with E-state index in [1.54, 1.807) is 0 Å². The minimum atomic E-state index is -5.06. The minimum absolute atomic E-state index is 0.0757. The Morgan fingerprint density at radius 1 is 1.12 bits per heavy atom. The van der Waals surface area contributed by atoms with Crippen molar-refractivity contribution in [3.8, 4) is 5.75 Å². The summed E-state index contributed by atoms with van der Waals surface area (Å²) in [6.45, 7) is 0. The van der Waals surface area contributed by atoms with E-state index in [9.17, 15) is 22.7 Å². The Labute approximate surface area is 140 Å². The Hall–Kier alpha value is -2.52. The molecule has 1 aromatic carbocycles. The molecule has 2 aliphatic rings. The zero-order chi connectivity index (χ0) is 18.4. The van der Waals surface area contributed by atoms with Gasteiger partial charge in [0, 0.05) is 0 Å². The highest BCUT2D eigenvalue weighted by Crippen LogP contribution is 2.47. The van der Waals surface area contributed by atoms with Crippen molar-refractivity contribution in [3.05, 3.63) is 23.5 Å². The molecule has 0 aromatic heterocycles. The Balaban J connectivity index is 2.19. The predicted molar refractivity (Wildman–Crippen MR) is 84.6 cm³/mol. The molecule has 0 unspecified atom stereocenters. The maximum absolute atomic E-state index is 13.7. The molecule has 1 fully saturated rings. The fraction of sp³-hybridized carbons (Fsp3) is 0.467. The number of nitrogens with zero attached hydrogens (tertiary/aromatic N) is 3. The lowest BCUT2D eigenvalue weighted by Gasteiger charge is -2.45. The number of alkyl halides is 3. The molecule has 25 heavy (non-hydrogen) atoms. The van der Waals surface area contributed by atoms with Gasteiger partial charge in [-0.1, -0.05) is 6.42 Å². The summed E-state index contributed by atoms with van der Waals surface area (Å²) in [6.07, 6.45) is -1.66. The molecule has 6 nitrogen and oxygen atoms in total. The summed E-state index contributed by atoms with van der Waals surface area (Å²) in [5.74, 6) is -3.08. The van der Waals surface area contributed by atoms with Crippen LogP contribution < -0.4 is 16.4 Å². The lowest BCUT2D eigenvalue weighted by atomic mass is 9.87. The van der Waals surface area contributed by atoms with Crippen molar-refractivity contribution in [2.75, 3.05) is 4.90 Å². The number of phenols is 1. The second-order valence-corrected chi connectivity index (χ2v) is 6.11. The molecule has 5 N–H and O–H groups in total. The summed E-state index contributed by atoms with van der Waals surface area (Å²) < 4.78 is 53.0. The highest BCUT2D eigenvalue weighted by atomic mass is 19.4. The molecule has 10 heteroatoms. The van der Waals surface area contributed by atoms with Crippen LogP contribution in [-0.4, -0.2) is 22.7 Å². The number of phenolic OH excluding ortho intramolecular Hbond substituents is 1. The molecular formula is C15H17F4N5O. The van der Waals surface area contributed by atoms with Gasteiger partial charge in [-0.05, 0) is 37.8 Å². The molecule has 1 aliphatic carbocycles. The minimum Gasteiger partial charge on any atom is -0.505 e. The standard InChI is InChI=1S/C15H17F4N5O/c16-8-4-5-9(11(25)10(8)15(17,18)19)24-13(21)22-12(20)23-14(24)6-2-1-3-7-14/h4-5,25H,1-3,6-7H2,(H4,20,21,22,23). The number of hydrogen-bond acceptors (Lipinski definition) is 6. The molecule has 0 bridgehead atoms. The zero-order valence-corrected chi connectivity index (χ0v) is 13.1. The van der Waals surface area contributed by atoms with Gasteiger partial charge in [0.2, 0.25) is 11.9 Å². The second-order valence-electron chi connectivity index (χ2n) is 6.11. The van der Waals surface area contributed by atoms with Gasteiger partial charge in [0.05, 0.1) is 5.69 Å². The van der Waals surface area contributed by atoms with E-state index < -0.39 is 29.0 Å². The van der Waals surface area contributed by atoms with Gasteiger partial charge in [0.1, 0.15) is 17.0 Å². The van der Waals surface area contributed by atoms with Crippen molar-refractivity contribution >= 4 is 17.6 Å². The third-order valence-electron chi connectivity index (χ3n) is 4.48. The topological polar surface area (TPSA) is 100 Å². The SMILES string of the molecule is NC1=NC2(CCCCC2)N(c2ccc(F)c(C(F)(F)F)c2O)C(N)=N1. The van der Waals surface area contributed by atoms with Crippen molar-refractivity contribution in [2.24, 2.45) is 21.5 Å². The predicted octanol–water partition coefficient (Wildman–Crippen LogP) is 2.66. The van der Waals surface area contributed by atoms with Crippen molar-refractivity contribution in [1.29, 1.82) is 0 Å². The molecule has 0 radical (unpaired) electrons. The van der Waals surface area contributed by atoms with Gasteiger partial charge in [-0.2, -0.15) is 18.2 Å². The number of anilines is 1. The summed E-state index contributed by atoms with van der Waals surface area (Å²) in [5.41, 5.74) is 8.51. The van der Waals surface area contributed by atoms with Crippen LogP contribution in [0.2, 0.25) is 0 Å². The molecule has 1 aliphatic heterocycles. The summed E-state index contributed by atoms with van der Waals surface area (Å²) in [5, 5.41) is 10.2. The highest BCUT2D eigenvalue weighted by molar-refractivity contribution is 6.06. The number of rotatable bonds is 1. The maximum atomic E-state index is 13.7. The number of hydrogen-bond donors (Lipinski definition) is 3. The molecule has 1 spiro atoms. The van der Waals surface area contributed by atoms with Crippen LogP contribution in [0.3, 0.4) is 0 Å². The smallest absolute Gasteiger partial charge is 0.422 e. The third-order valence-corrected chi connectivity index (χ3v) is 4.48. The molecule has 0 atom stereocenters. The van der Waals surface area contributed by atoms with E-state index >= 15 is 0 Å². The van der Waals surface area contributed by atoms with E-state index in [0.29, 0.717) is 18.9 Å². The van der Waals surface area contributed by atoms with Crippen LogP contribution in [-0.2, 0) is 6.18 Å². The van der Waals surface area contributed by atoms with Crippen LogP contribution in [0.25, 0.3) is 0 Å². The summed E-state index contributed by atoms with van der Waals surface area (Å²) in [6, 6.07) is 1.68. The molecular weight excluding hydrogens is 342 g/mol. The molecule has 0 amide bonds. The molecule has 3 rings (SSSR count). The number of benzene rings is 1. The van der Waals surface area contributed by atoms with Gasteiger partial charge in [0.25, 0.3) is 0 Å². The van der Waals surface area contributed by atoms with E-state index in [1.807, 2.05) is 0 Å². The monoisotopic (exact) mass is 359 g/mol. The van der Waals surface area contributed by atoms with Gasteiger partial charge in [-0.3, -0.25) is 4.90 Å². The Morgan fingerprint density at radius 3 is 2.36 bits per heavy atom. The Kier molecular flexibility index (Phi) is 4.00. The molecule has 1 saturated carbocycles. The average Bonchev–Trinajstić information content (AvgIpc) is 2.48. The number of guanidine groups is 2. The largest absolute Gasteiger partial charge is 0.505 e. The van der Waals surface area contributed by atoms with Gasteiger partial charge >= 0.3 is 6.18 Å². The Morgan fingerprint density at radius 2 is 1.76 bits per heavy atom. The van der Waals surface area contributed by atoms with Gasteiger partial charge in [-0.15, -0.1) is 0 Å². The van der Waals surface area contributed by atoms with Crippen molar-refractivity contribution < 1.29 is 22.7 Å². The second kappa shape index (κ2) is 5.78. The Bertz CT molecular complexity index is 753. The molecule has 0 saturated heterocycles. The van der Waals surface area contributed by atoms with Crippen LogP contribution in [0.4, 0.5) is 23.2 Å². The molecule has 136 valence electrons. The third kappa shape index (κ3) is 2.85. The van der Waals surface area contributed by atoms with Crippen LogP contribution in [0.15, 0.2) is 22.1 Å². The lowest BCUT2D eigenvalue weighted by molar-refractivity contribution is -0.141. The van der Waals surface area contributed by atoms with E-state index in [4.69, 9.17) is 11.5 Å². The van der Waals surface area contributed by atoms with Crippen LogP contribution >= 0.6 is 0 Å². The number of aromatic hydroxyl groups is 1. The normalized spacial score (nSPS) is 20.4. The van der Waals surface area contributed by atoms with E-state index in [1.165, 1.54) is 4.90 Å². The number of nitrogens with two attached hydrogens (primary N) is 2. The van der Waals surface area contributed by atoms with Crippen LogP contribution in [0.1, 0.15) is 37.7 Å². The summed E-state index contributed by atoms with van der Waals surface area (Å²) in [4.78, 5) is 9.34. The summed E-state index contributed by atoms with van der Waals surface area (Å²) in [7, 11) is 0. The maximum Gasteiger partial charge on any atom is 0.422 e. The van der Waals surface area contributed by atoms with Crippen molar-refractivity contribution in [3.63, 3.8) is 0 Å². The first kappa shape index (κ1) is 17.3. The lowest BCUT2D eigenvalue weighted by Crippen LogP contribution is -2.58. The fourth-order valence-corrected chi connectivity index (χ4v) is 3.48. The fourth-order valence-electron chi connectivity index (χ4n) is 3.48. The van der Waals surface area contributed by atoms with E-state index in [0.717, 1.165) is 25.3 Å². The molecule has 1 heterocycles. The zero-order valence-electron chi connectivity index (χ0n) is 13.1. The highest BCUT2D eigenvalue weighted by Gasteiger charge is 2.46. The van der Waals surface area contributed by atoms with E-state index in [-0.39, 0.29) is 17.6 Å². The quantitative estimate of drug-likeness (QED) is 0.671.